The van der Waals surface area contributed by atoms with Crippen LogP contribution < -0.4 is 5.73 Å². The van der Waals surface area contributed by atoms with Gasteiger partial charge in [0.05, 0.1) is 11.3 Å². The summed E-state index contributed by atoms with van der Waals surface area (Å²) in [6, 6.07) is 0. The van der Waals surface area contributed by atoms with Crippen LogP contribution in [0.15, 0.2) is 4.52 Å². The Bertz CT molecular complexity index is 295. The second-order valence-corrected chi connectivity index (χ2v) is 3.50. The monoisotopic (exact) mass is 181 g/mol. The van der Waals surface area contributed by atoms with E-state index in [1.807, 2.05) is 0 Å². The number of rotatable bonds is 2. The van der Waals surface area contributed by atoms with Gasteiger partial charge < -0.3 is 10.3 Å². The van der Waals surface area contributed by atoms with Gasteiger partial charge in [0, 0.05) is 19.5 Å². The third-order valence-corrected chi connectivity index (χ3v) is 2.49. The zero-order valence-corrected chi connectivity index (χ0v) is 7.92. The van der Waals surface area contributed by atoms with E-state index in [4.69, 9.17) is 10.3 Å². The van der Waals surface area contributed by atoms with Crippen molar-refractivity contribution in [1.29, 1.82) is 0 Å². The largest absolute Gasteiger partial charge is 0.367 e. The SMILES string of the molecule is CCCN1CCc2noc(N)c2C1. The molecule has 0 radical (unpaired) electrons. The number of nitrogen functional groups attached to an aromatic ring is 1. The second kappa shape index (κ2) is 3.38. The minimum absolute atomic E-state index is 0.496. The molecule has 1 aromatic rings. The van der Waals surface area contributed by atoms with E-state index in [2.05, 4.69) is 17.0 Å². The molecule has 0 unspecified atom stereocenters. The van der Waals surface area contributed by atoms with E-state index in [9.17, 15) is 0 Å². The van der Waals surface area contributed by atoms with Gasteiger partial charge in [0.25, 0.3) is 0 Å². The van der Waals surface area contributed by atoms with E-state index in [-0.39, 0.29) is 0 Å². The Labute approximate surface area is 77.7 Å². The summed E-state index contributed by atoms with van der Waals surface area (Å²) in [5.74, 6) is 0.496. The Morgan fingerprint density at radius 1 is 1.62 bits per heavy atom. The molecule has 2 N–H and O–H groups in total. The molecular formula is C9H15N3O. The normalized spacial score (nSPS) is 17.3. The van der Waals surface area contributed by atoms with Crippen LogP contribution in [-0.4, -0.2) is 23.1 Å². The van der Waals surface area contributed by atoms with E-state index in [1.54, 1.807) is 0 Å². The molecule has 0 aliphatic carbocycles. The number of nitrogens with zero attached hydrogens (tertiary/aromatic N) is 2. The summed E-state index contributed by atoms with van der Waals surface area (Å²) >= 11 is 0. The van der Waals surface area contributed by atoms with Gasteiger partial charge in [0.2, 0.25) is 5.88 Å². The van der Waals surface area contributed by atoms with Crippen molar-refractivity contribution < 1.29 is 4.52 Å². The summed E-state index contributed by atoms with van der Waals surface area (Å²) in [5, 5.41) is 3.92. The third-order valence-electron chi connectivity index (χ3n) is 2.49. The van der Waals surface area contributed by atoms with Crippen LogP contribution in [0.4, 0.5) is 5.88 Å². The Kier molecular flexibility index (Phi) is 2.22. The summed E-state index contributed by atoms with van der Waals surface area (Å²) in [6.07, 6.45) is 2.15. The molecule has 0 saturated heterocycles. The van der Waals surface area contributed by atoms with Gasteiger partial charge in [-0.3, -0.25) is 4.90 Å². The van der Waals surface area contributed by atoms with Crippen LogP contribution in [0.2, 0.25) is 0 Å². The fraction of sp³-hybridized carbons (Fsp3) is 0.667. The highest BCUT2D eigenvalue weighted by Gasteiger charge is 2.21. The molecule has 1 aliphatic heterocycles. The highest BCUT2D eigenvalue weighted by molar-refractivity contribution is 5.39. The molecule has 4 heteroatoms. The fourth-order valence-corrected chi connectivity index (χ4v) is 1.80. The van der Waals surface area contributed by atoms with Gasteiger partial charge in [-0.25, -0.2) is 0 Å². The molecule has 13 heavy (non-hydrogen) atoms. The summed E-state index contributed by atoms with van der Waals surface area (Å²) in [7, 11) is 0. The zero-order chi connectivity index (χ0) is 9.26. The molecule has 4 nitrogen and oxygen atoms in total. The van der Waals surface area contributed by atoms with Crippen LogP contribution in [-0.2, 0) is 13.0 Å². The first kappa shape index (κ1) is 8.56. The Morgan fingerprint density at radius 3 is 3.23 bits per heavy atom. The molecule has 0 saturated carbocycles. The first-order chi connectivity index (χ1) is 6.31. The quantitative estimate of drug-likeness (QED) is 0.740. The van der Waals surface area contributed by atoms with Crippen molar-refractivity contribution in [3.63, 3.8) is 0 Å². The smallest absolute Gasteiger partial charge is 0.226 e. The minimum atomic E-state index is 0.496. The second-order valence-electron chi connectivity index (χ2n) is 3.50. The molecule has 0 aromatic carbocycles. The van der Waals surface area contributed by atoms with Gasteiger partial charge in [0.15, 0.2) is 0 Å². The van der Waals surface area contributed by atoms with Crippen molar-refractivity contribution in [2.45, 2.75) is 26.3 Å². The van der Waals surface area contributed by atoms with Crippen molar-refractivity contribution in [3.8, 4) is 0 Å². The lowest BCUT2D eigenvalue weighted by atomic mass is 10.1. The summed E-state index contributed by atoms with van der Waals surface area (Å²) in [6.45, 7) is 5.29. The molecule has 1 aliphatic rings. The van der Waals surface area contributed by atoms with Gasteiger partial charge in [-0.15, -0.1) is 0 Å². The van der Waals surface area contributed by atoms with Crippen molar-refractivity contribution in [2.75, 3.05) is 18.8 Å². The number of hydrogen-bond donors (Lipinski definition) is 1. The van der Waals surface area contributed by atoms with E-state index in [0.717, 1.165) is 37.3 Å². The van der Waals surface area contributed by atoms with Crippen molar-refractivity contribution >= 4 is 5.88 Å². The lowest BCUT2D eigenvalue weighted by Crippen LogP contribution is -2.31. The van der Waals surface area contributed by atoms with Crippen molar-refractivity contribution in [1.82, 2.24) is 10.1 Å². The predicted molar refractivity (Wildman–Crippen MR) is 50.2 cm³/mol. The third kappa shape index (κ3) is 1.54. The van der Waals surface area contributed by atoms with Gasteiger partial charge >= 0.3 is 0 Å². The van der Waals surface area contributed by atoms with Crippen molar-refractivity contribution in [3.05, 3.63) is 11.3 Å². The average molecular weight is 181 g/mol. The molecule has 2 rings (SSSR count). The first-order valence-corrected chi connectivity index (χ1v) is 4.76. The van der Waals surface area contributed by atoms with Crippen LogP contribution >= 0.6 is 0 Å². The first-order valence-electron chi connectivity index (χ1n) is 4.76. The highest BCUT2D eigenvalue weighted by atomic mass is 16.5. The number of nitrogens with two attached hydrogens (primary N) is 1. The molecule has 0 atom stereocenters. The van der Waals surface area contributed by atoms with Gasteiger partial charge in [-0.2, -0.15) is 0 Å². The fourth-order valence-electron chi connectivity index (χ4n) is 1.80. The van der Waals surface area contributed by atoms with Gasteiger partial charge in [-0.05, 0) is 13.0 Å². The molecule has 1 aromatic heterocycles. The predicted octanol–water partition coefficient (Wildman–Crippen LogP) is 1.02. The average Bonchev–Trinajstić information content (AvgIpc) is 2.49. The number of anilines is 1. The topological polar surface area (TPSA) is 55.3 Å². The molecule has 0 amide bonds. The summed E-state index contributed by atoms with van der Waals surface area (Å²) in [5.41, 5.74) is 7.81. The van der Waals surface area contributed by atoms with Crippen molar-refractivity contribution in [2.24, 2.45) is 0 Å². The highest BCUT2D eigenvalue weighted by Crippen LogP contribution is 2.23. The molecule has 0 spiro atoms. The summed E-state index contributed by atoms with van der Waals surface area (Å²) < 4.78 is 4.94. The number of hydrogen-bond acceptors (Lipinski definition) is 4. The molecule has 2 heterocycles. The molecular weight excluding hydrogens is 166 g/mol. The maximum Gasteiger partial charge on any atom is 0.226 e. The lowest BCUT2D eigenvalue weighted by molar-refractivity contribution is 0.254. The van der Waals surface area contributed by atoms with E-state index >= 15 is 0 Å². The lowest BCUT2D eigenvalue weighted by Gasteiger charge is -2.24. The molecule has 0 bridgehead atoms. The van der Waals surface area contributed by atoms with Crippen LogP contribution in [0.1, 0.15) is 24.6 Å². The number of aromatic nitrogens is 1. The maximum absolute atomic E-state index is 5.66. The van der Waals surface area contributed by atoms with Crippen LogP contribution in [0.5, 0.6) is 0 Å². The standard InChI is InChI=1S/C9H15N3O/c1-2-4-12-5-3-8-7(6-12)9(10)13-11-8/h2-6,10H2,1H3. The van der Waals surface area contributed by atoms with E-state index < -0.39 is 0 Å². The zero-order valence-electron chi connectivity index (χ0n) is 7.92. The number of fused-ring (bicyclic) bond motifs is 1. The van der Waals surface area contributed by atoms with Crippen LogP contribution in [0.3, 0.4) is 0 Å². The Hall–Kier alpha value is -1.03. The molecule has 0 fully saturated rings. The Balaban J connectivity index is 2.13. The Morgan fingerprint density at radius 2 is 2.46 bits per heavy atom. The molecule has 72 valence electrons. The maximum atomic E-state index is 5.66. The van der Waals surface area contributed by atoms with E-state index in [1.165, 1.54) is 6.42 Å². The minimum Gasteiger partial charge on any atom is -0.367 e. The summed E-state index contributed by atoms with van der Waals surface area (Å²) in [4.78, 5) is 2.38. The van der Waals surface area contributed by atoms with Crippen LogP contribution in [0.25, 0.3) is 0 Å². The van der Waals surface area contributed by atoms with E-state index in [0.29, 0.717) is 5.88 Å². The van der Waals surface area contributed by atoms with Crippen LogP contribution in [0, 0.1) is 0 Å². The van der Waals surface area contributed by atoms with Gasteiger partial charge in [0.1, 0.15) is 0 Å². The van der Waals surface area contributed by atoms with Gasteiger partial charge in [-0.1, -0.05) is 12.1 Å².